The molecule has 158 valence electrons. The molecule has 0 spiro atoms. The van der Waals surface area contributed by atoms with E-state index in [4.69, 9.17) is 18.9 Å². The third kappa shape index (κ3) is 3.32. The minimum absolute atomic E-state index is 0.0859. The lowest BCUT2D eigenvalue weighted by Gasteiger charge is -2.38. The van der Waals surface area contributed by atoms with E-state index in [1.54, 1.807) is 0 Å². The molecule has 0 aliphatic carbocycles. The van der Waals surface area contributed by atoms with Crippen LogP contribution < -0.4 is 9.47 Å². The number of fused-ring (bicyclic) bond motifs is 2. The molecule has 0 aromatic heterocycles. The lowest BCUT2D eigenvalue weighted by atomic mass is 9.89. The number of rotatable bonds is 7. The number of aryl methyl sites for hydroxylation is 1. The van der Waals surface area contributed by atoms with Crippen molar-refractivity contribution in [3.8, 4) is 11.5 Å². The molecule has 2 saturated heterocycles. The summed E-state index contributed by atoms with van der Waals surface area (Å²) in [5, 5.41) is 4.52. The molecule has 0 bridgehead atoms. The Morgan fingerprint density at radius 2 is 1.27 bits per heavy atom. The van der Waals surface area contributed by atoms with Crippen LogP contribution in [0.3, 0.4) is 0 Å². The Bertz CT molecular complexity index is 1080. The van der Waals surface area contributed by atoms with Crippen LogP contribution in [-0.2, 0) is 15.9 Å². The van der Waals surface area contributed by atoms with Gasteiger partial charge in [0.2, 0.25) is 0 Å². The van der Waals surface area contributed by atoms with E-state index in [-0.39, 0.29) is 10.8 Å². The molecule has 0 saturated carbocycles. The molecule has 30 heavy (non-hydrogen) atoms. The summed E-state index contributed by atoms with van der Waals surface area (Å²) in [5.41, 5.74) is 1.46. The van der Waals surface area contributed by atoms with Gasteiger partial charge in [-0.1, -0.05) is 63.2 Å². The van der Waals surface area contributed by atoms with Crippen LogP contribution in [0.4, 0.5) is 0 Å². The zero-order valence-electron chi connectivity index (χ0n) is 18.1. The van der Waals surface area contributed by atoms with E-state index in [1.165, 1.54) is 10.9 Å². The fourth-order valence-electron chi connectivity index (χ4n) is 4.38. The van der Waals surface area contributed by atoms with Crippen molar-refractivity contribution >= 4 is 21.5 Å². The zero-order chi connectivity index (χ0) is 20.8. The van der Waals surface area contributed by atoms with Gasteiger partial charge in [0.15, 0.2) is 0 Å². The monoisotopic (exact) mass is 406 g/mol. The number of ether oxygens (including phenoxy) is 4. The van der Waals surface area contributed by atoms with Crippen molar-refractivity contribution in [3.63, 3.8) is 0 Å². The van der Waals surface area contributed by atoms with Crippen molar-refractivity contribution < 1.29 is 18.9 Å². The van der Waals surface area contributed by atoms with Gasteiger partial charge in [-0.3, -0.25) is 0 Å². The van der Waals surface area contributed by atoms with E-state index in [9.17, 15) is 0 Å². The van der Waals surface area contributed by atoms with Crippen molar-refractivity contribution in [2.75, 3.05) is 39.6 Å². The molecular formula is C26H30O4. The average Bonchev–Trinajstić information content (AvgIpc) is 2.72. The van der Waals surface area contributed by atoms with E-state index < -0.39 is 0 Å². The quantitative estimate of drug-likeness (QED) is 0.493. The Labute approximate surface area is 178 Å². The van der Waals surface area contributed by atoms with Crippen LogP contribution in [0.15, 0.2) is 42.5 Å². The van der Waals surface area contributed by atoms with Crippen molar-refractivity contribution in [2.24, 2.45) is 10.8 Å². The summed E-state index contributed by atoms with van der Waals surface area (Å²) < 4.78 is 23.9. The first-order valence-corrected chi connectivity index (χ1v) is 10.9. The predicted octanol–water partition coefficient (Wildman–Crippen LogP) is 5.39. The molecule has 0 N–H and O–H groups in total. The van der Waals surface area contributed by atoms with Gasteiger partial charge < -0.3 is 18.9 Å². The van der Waals surface area contributed by atoms with E-state index >= 15 is 0 Å². The van der Waals surface area contributed by atoms with E-state index in [0.717, 1.165) is 60.5 Å². The molecule has 2 aliphatic heterocycles. The average molecular weight is 407 g/mol. The Morgan fingerprint density at radius 1 is 0.733 bits per heavy atom. The highest BCUT2D eigenvalue weighted by Crippen LogP contribution is 2.45. The van der Waals surface area contributed by atoms with Crippen molar-refractivity contribution in [2.45, 2.75) is 27.2 Å². The zero-order valence-corrected chi connectivity index (χ0v) is 18.1. The maximum absolute atomic E-state index is 6.56. The van der Waals surface area contributed by atoms with Crippen LogP contribution in [-0.4, -0.2) is 39.6 Å². The molecule has 0 radical (unpaired) electrons. The summed E-state index contributed by atoms with van der Waals surface area (Å²) in [4.78, 5) is 0. The van der Waals surface area contributed by atoms with Crippen LogP contribution in [0.25, 0.3) is 21.5 Å². The topological polar surface area (TPSA) is 36.9 Å². The lowest BCUT2D eigenvalue weighted by molar-refractivity contribution is -0.120. The van der Waals surface area contributed by atoms with E-state index in [2.05, 4.69) is 63.2 Å². The van der Waals surface area contributed by atoms with Gasteiger partial charge in [-0.05, 0) is 12.0 Å². The summed E-state index contributed by atoms with van der Waals surface area (Å²) in [6.45, 7) is 11.0. The maximum atomic E-state index is 6.56. The number of hydrogen-bond acceptors (Lipinski definition) is 4. The smallest absolute Gasteiger partial charge is 0.135 e. The molecule has 3 aromatic rings. The van der Waals surface area contributed by atoms with Crippen LogP contribution >= 0.6 is 0 Å². The summed E-state index contributed by atoms with van der Waals surface area (Å²) >= 11 is 0. The fourth-order valence-corrected chi connectivity index (χ4v) is 4.38. The predicted molar refractivity (Wildman–Crippen MR) is 120 cm³/mol. The first-order valence-electron chi connectivity index (χ1n) is 10.9. The highest BCUT2D eigenvalue weighted by Gasteiger charge is 2.36. The minimum Gasteiger partial charge on any atom is -0.492 e. The maximum Gasteiger partial charge on any atom is 0.135 e. The molecule has 2 fully saturated rings. The van der Waals surface area contributed by atoms with Crippen LogP contribution in [0, 0.1) is 10.8 Å². The molecule has 4 heteroatoms. The second-order valence-electron chi connectivity index (χ2n) is 9.58. The first-order chi connectivity index (χ1) is 14.5. The normalized spacial score (nSPS) is 19.3. The third-order valence-corrected chi connectivity index (χ3v) is 6.35. The highest BCUT2D eigenvalue weighted by molar-refractivity contribution is 6.12. The Balaban J connectivity index is 1.66. The van der Waals surface area contributed by atoms with E-state index in [1.807, 2.05) is 0 Å². The molecule has 5 rings (SSSR count). The molecule has 0 unspecified atom stereocenters. The number of benzene rings is 3. The van der Waals surface area contributed by atoms with Gasteiger partial charge in [-0.25, -0.2) is 0 Å². The summed E-state index contributed by atoms with van der Waals surface area (Å²) in [6.07, 6.45) is 0.942. The van der Waals surface area contributed by atoms with Crippen LogP contribution in [0.5, 0.6) is 11.5 Å². The third-order valence-electron chi connectivity index (χ3n) is 6.35. The van der Waals surface area contributed by atoms with Gasteiger partial charge in [0.1, 0.15) is 11.5 Å². The van der Waals surface area contributed by atoms with Crippen molar-refractivity contribution in [1.29, 1.82) is 0 Å². The molecule has 4 nitrogen and oxygen atoms in total. The van der Waals surface area contributed by atoms with Crippen molar-refractivity contribution in [3.05, 3.63) is 48.0 Å². The first kappa shape index (κ1) is 19.7. The van der Waals surface area contributed by atoms with Gasteiger partial charge in [-0.2, -0.15) is 0 Å². The second kappa shape index (κ2) is 7.44. The van der Waals surface area contributed by atoms with Gasteiger partial charge in [-0.15, -0.1) is 0 Å². The summed E-state index contributed by atoms with van der Waals surface area (Å²) in [7, 11) is 0. The van der Waals surface area contributed by atoms with Crippen molar-refractivity contribution in [1.82, 2.24) is 0 Å². The fraction of sp³-hybridized carbons (Fsp3) is 0.462. The van der Waals surface area contributed by atoms with E-state index in [0.29, 0.717) is 13.2 Å². The second-order valence-corrected chi connectivity index (χ2v) is 9.58. The SMILES string of the molecule is CCc1cccc2c(OCC3(C)COC3)c3ccccc3c(OCC3(C)COC3)c12. The number of hydrogen-bond donors (Lipinski definition) is 0. The molecule has 3 aromatic carbocycles. The van der Waals surface area contributed by atoms with Gasteiger partial charge in [0, 0.05) is 32.4 Å². The Hall–Kier alpha value is -2.30. The molecule has 0 atom stereocenters. The molecular weight excluding hydrogens is 376 g/mol. The largest absolute Gasteiger partial charge is 0.492 e. The molecule has 2 aliphatic rings. The minimum atomic E-state index is 0.0859. The highest BCUT2D eigenvalue weighted by atomic mass is 16.5. The Morgan fingerprint density at radius 3 is 1.80 bits per heavy atom. The molecule has 2 heterocycles. The van der Waals surface area contributed by atoms with Crippen LogP contribution in [0.1, 0.15) is 26.3 Å². The molecule has 0 amide bonds. The lowest BCUT2D eigenvalue weighted by Crippen LogP contribution is -2.44. The summed E-state index contributed by atoms with van der Waals surface area (Å²) in [5.74, 6) is 1.92. The van der Waals surface area contributed by atoms with Crippen LogP contribution in [0.2, 0.25) is 0 Å². The summed E-state index contributed by atoms with van der Waals surface area (Å²) in [6, 6.07) is 14.9. The van der Waals surface area contributed by atoms with Gasteiger partial charge >= 0.3 is 0 Å². The van der Waals surface area contributed by atoms with Gasteiger partial charge in [0.05, 0.1) is 39.6 Å². The Kier molecular flexibility index (Phi) is 4.87. The standard InChI is InChI=1S/C26H30O4/c1-4-18-8-7-11-21-22(18)24(30-17-26(3)14-28-15-26)20-10-6-5-9-19(20)23(21)29-16-25(2)12-27-13-25/h5-11H,4,12-17H2,1-3H3. The van der Waals surface area contributed by atoms with Gasteiger partial charge in [0.25, 0.3) is 0 Å².